The molecule has 0 bridgehead atoms. The maximum Gasteiger partial charge on any atom is 1.00 e. The Hall–Kier alpha value is 7.13. The van der Waals surface area contributed by atoms with E-state index in [-0.39, 0.29) is 257 Å². The van der Waals surface area contributed by atoms with E-state index >= 15 is 0 Å². The van der Waals surface area contributed by atoms with E-state index in [2.05, 4.69) is 0 Å². The van der Waals surface area contributed by atoms with Crippen LogP contribution < -0.4 is 282 Å². The molecular weight excluding hydrogens is 498 g/mol. The van der Waals surface area contributed by atoms with Crippen molar-refractivity contribution in [2.75, 3.05) is 0 Å². The number of carboxylic acids is 1. The molecule has 0 saturated carbocycles. The molecule has 0 heterocycles. The Labute approximate surface area is 351 Å². The average Bonchev–Trinajstić information content (AvgIpc) is 2.24. The molecule has 9 nitrogen and oxygen atoms in total. The number of rotatable bonds is 4. The van der Waals surface area contributed by atoms with Crippen LogP contribution in [0.15, 0.2) is 24.3 Å². The molecule has 0 aliphatic rings. The van der Waals surface area contributed by atoms with Gasteiger partial charge < -0.3 is 43.7 Å². The molecule has 106 valence electrons. The number of hydrogen-bond acceptors (Lipinski definition) is 9. The number of carbonyl (C=O) groups excluding carboxylic acids is 1. The number of hydrogen-bond donors (Lipinski definition) is 1. The summed E-state index contributed by atoms with van der Waals surface area (Å²) in [7, 11) is -12.8. The molecule has 1 aromatic rings. The van der Waals surface area contributed by atoms with Gasteiger partial charge in [-0.1, -0.05) is 24.3 Å². The van der Waals surface area contributed by atoms with Gasteiger partial charge in [0.1, 0.15) is 5.08 Å². The van der Waals surface area contributed by atoms with Gasteiger partial charge in [-0.3, -0.25) is 0 Å². The molecule has 0 fully saturated rings. The molecule has 0 amide bonds. The minimum Gasteiger partial charge on any atom is -0.808 e. The number of carboxylic acid groups (broad SMARTS) is 1. The molecule has 0 aliphatic carbocycles. The third kappa shape index (κ3) is 10.8. The van der Waals surface area contributed by atoms with Crippen molar-refractivity contribution in [3.05, 3.63) is 35.4 Å². The van der Waals surface area contributed by atoms with Gasteiger partial charge in [-0.05, 0) is 15.2 Å². The second kappa shape index (κ2) is 17.6. The maximum absolute atomic E-state index is 10.9. The Morgan fingerprint density at radius 3 is 1.50 bits per heavy atom. The zero-order valence-electron chi connectivity index (χ0n) is 13.9. The molecular formula is C8H5K5O9P2. The Kier molecular flexibility index (Phi) is 30.3. The second-order valence-electron chi connectivity index (χ2n) is 3.46. The van der Waals surface area contributed by atoms with Gasteiger partial charge in [-0.25, -0.2) is 0 Å². The van der Waals surface area contributed by atoms with Gasteiger partial charge in [0.15, 0.2) is 0 Å². The third-order valence-electron chi connectivity index (χ3n) is 2.27. The Morgan fingerprint density at radius 1 is 0.875 bits per heavy atom. The van der Waals surface area contributed by atoms with E-state index in [1.165, 1.54) is 0 Å². The third-order valence-corrected chi connectivity index (χ3v) is 5.75. The fourth-order valence-corrected chi connectivity index (χ4v) is 3.58. The zero-order chi connectivity index (χ0) is 15.1. The molecule has 0 atom stereocenters. The first-order valence-electron chi connectivity index (χ1n) is 4.50. The van der Waals surface area contributed by atoms with Crippen LogP contribution in [-0.4, -0.2) is 11.1 Å². The molecule has 0 saturated heterocycles. The summed E-state index contributed by atoms with van der Waals surface area (Å²) in [6.07, 6.45) is 0. The number of benzene rings is 1. The summed E-state index contributed by atoms with van der Waals surface area (Å²) < 4.78 is 21.8. The van der Waals surface area contributed by atoms with Crippen molar-refractivity contribution in [3.63, 3.8) is 0 Å². The first-order chi connectivity index (χ1) is 8.43. The maximum atomic E-state index is 10.9. The van der Waals surface area contributed by atoms with Gasteiger partial charge in [-0.15, -0.1) is 0 Å². The van der Waals surface area contributed by atoms with Crippen molar-refractivity contribution in [3.8, 4) is 0 Å². The standard InChI is InChI=1S/C8H10O9P2.5K/c9-7(10)5-3-1-2-4-6(5)8(11,18(12,13)14)19(15,16)17;;;;;/h1-4,11H,(H,9,10)(H2,12,13,14)(H2,15,16,17);;;;;/q;5*+1/p-5. The number of carbonyl (C=O) groups is 1. The SMILES string of the molecule is O=C([O-])c1ccccc1C(O)(P(=O)([O-])[O-])P(=O)([O-])[O-].[K+].[K+].[K+].[K+].[K+]. The van der Waals surface area contributed by atoms with Crippen molar-refractivity contribution < 1.29 is 301 Å². The number of aromatic carboxylic acids is 1. The number of aliphatic hydroxyl groups is 1. The molecule has 1 rings (SSSR count). The summed E-state index contributed by atoms with van der Waals surface area (Å²) in [5, 5.41) is 15.8. The molecule has 16 heteroatoms. The van der Waals surface area contributed by atoms with Crippen LogP contribution in [0, 0.1) is 0 Å². The fourth-order valence-electron chi connectivity index (χ4n) is 1.40. The van der Waals surface area contributed by atoms with Crippen molar-refractivity contribution in [2.24, 2.45) is 0 Å². The first-order valence-corrected chi connectivity index (χ1v) is 7.59. The topological polar surface area (TPSA) is 187 Å². The van der Waals surface area contributed by atoms with Crippen LogP contribution in [0.25, 0.3) is 0 Å². The van der Waals surface area contributed by atoms with Gasteiger partial charge in [-0.2, -0.15) is 0 Å². The van der Waals surface area contributed by atoms with Crippen LogP contribution in [0.4, 0.5) is 0 Å². The summed E-state index contributed by atoms with van der Waals surface area (Å²) in [5.41, 5.74) is -2.46. The normalized spacial score (nSPS) is 10.5. The van der Waals surface area contributed by atoms with Crippen LogP contribution in [0.1, 0.15) is 15.9 Å². The molecule has 0 aromatic heterocycles. The Balaban J connectivity index is -0.000000241. The van der Waals surface area contributed by atoms with Crippen molar-refractivity contribution in [2.45, 2.75) is 5.08 Å². The zero-order valence-corrected chi connectivity index (χ0v) is 31.3. The minimum atomic E-state index is -6.42. The van der Waals surface area contributed by atoms with Crippen molar-refractivity contribution in [1.82, 2.24) is 0 Å². The first kappa shape index (κ1) is 41.4. The average molecular weight is 503 g/mol. The van der Waals surface area contributed by atoms with E-state index in [4.69, 9.17) is 0 Å². The van der Waals surface area contributed by atoms with E-state index in [1.807, 2.05) is 0 Å². The predicted octanol–water partition coefficient (Wildman–Crippen LogP) is -19.0. The summed E-state index contributed by atoms with van der Waals surface area (Å²) in [5.74, 6) is -2.06. The van der Waals surface area contributed by atoms with Gasteiger partial charge in [0.2, 0.25) is 0 Å². The summed E-state index contributed by atoms with van der Waals surface area (Å²) in [6, 6.07) is 3.20. The Morgan fingerprint density at radius 2 is 1.21 bits per heavy atom. The summed E-state index contributed by atoms with van der Waals surface area (Å²) >= 11 is 0. The quantitative estimate of drug-likeness (QED) is 0.308. The molecule has 0 aliphatic heterocycles. The molecule has 1 N–H and O–H groups in total. The fraction of sp³-hybridized carbons (Fsp3) is 0.125. The molecule has 1 aromatic carbocycles. The minimum absolute atomic E-state index is 0. The van der Waals surface area contributed by atoms with Gasteiger partial charge in [0.05, 0.1) is 5.97 Å². The van der Waals surface area contributed by atoms with E-state index < -0.39 is 37.4 Å². The van der Waals surface area contributed by atoms with Gasteiger partial charge in [0.25, 0.3) is 0 Å². The van der Waals surface area contributed by atoms with Crippen LogP contribution >= 0.6 is 15.2 Å². The second-order valence-corrected chi connectivity index (χ2v) is 7.10. The van der Waals surface area contributed by atoms with E-state index in [1.54, 1.807) is 0 Å². The Bertz CT molecular complexity index is 594. The van der Waals surface area contributed by atoms with Crippen LogP contribution in [-0.2, 0) is 14.2 Å². The van der Waals surface area contributed by atoms with Crippen molar-refractivity contribution in [1.29, 1.82) is 0 Å². The molecule has 24 heavy (non-hydrogen) atoms. The molecule has 0 unspecified atom stereocenters. The van der Waals surface area contributed by atoms with Crippen molar-refractivity contribution >= 4 is 21.2 Å². The summed E-state index contributed by atoms with van der Waals surface area (Å²) in [6.45, 7) is 0. The van der Waals surface area contributed by atoms with E-state index in [9.17, 15) is 43.7 Å². The smallest absolute Gasteiger partial charge is 0.808 e. The van der Waals surface area contributed by atoms with Crippen LogP contribution in [0.2, 0.25) is 0 Å². The summed E-state index contributed by atoms with van der Waals surface area (Å²) in [4.78, 5) is 54.4. The molecule has 0 radical (unpaired) electrons. The predicted molar refractivity (Wildman–Crippen MR) is 49.9 cm³/mol. The van der Waals surface area contributed by atoms with Gasteiger partial charge in [0, 0.05) is 11.1 Å². The van der Waals surface area contributed by atoms with E-state index in [0.29, 0.717) is 12.1 Å². The van der Waals surface area contributed by atoms with Gasteiger partial charge >= 0.3 is 257 Å². The largest absolute Gasteiger partial charge is 1.00 e. The van der Waals surface area contributed by atoms with E-state index in [0.717, 1.165) is 12.1 Å². The molecule has 0 spiro atoms. The van der Waals surface area contributed by atoms with Crippen LogP contribution in [0.3, 0.4) is 0 Å². The van der Waals surface area contributed by atoms with Crippen LogP contribution in [0.5, 0.6) is 0 Å². The monoisotopic (exact) mass is 502 g/mol.